The van der Waals surface area contributed by atoms with Gasteiger partial charge in [-0.15, -0.1) is 0 Å². The van der Waals surface area contributed by atoms with Gasteiger partial charge in [0.25, 0.3) is 11.8 Å². The molecule has 6 heteroatoms. The van der Waals surface area contributed by atoms with Crippen LogP contribution in [-0.2, 0) is 0 Å². The van der Waals surface area contributed by atoms with Crippen molar-refractivity contribution in [2.45, 2.75) is 40.5 Å². The Balaban J connectivity index is 2.28. The van der Waals surface area contributed by atoms with Crippen LogP contribution < -0.4 is 10.6 Å². The summed E-state index contributed by atoms with van der Waals surface area (Å²) >= 11 is 0. The summed E-state index contributed by atoms with van der Waals surface area (Å²) in [4.78, 5) is 33.6. The second-order valence-electron chi connectivity index (χ2n) is 6.02. The van der Waals surface area contributed by atoms with Crippen molar-refractivity contribution in [2.75, 3.05) is 11.9 Å². The molecule has 0 radical (unpaired) electrons. The molecule has 0 aliphatic heterocycles. The van der Waals surface area contributed by atoms with Gasteiger partial charge in [0.15, 0.2) is 11.4 Å². The minimum Gasteiger partial charge on any atom is -0.351 e. The van der Waals surface area contributed by atoms with Crippen LogP contribution in [-0.4, -0.2) is 28.3 Å². The zero-order valence-corrected chi connectivity index (χ0v) is 15.1. The Bertz CT molecular complexity index is 770. The first kappa shape index (κ1) is 18.6. The third kappa shape index (κ3) is 4.86. The molecule has 0 aliphatic carbocycles. The van der Waals surface area contributed by atoms with E-state index in [1.807, 2.05) is 38.1 Å². The molecule has 1 aromatic carbocycles. The lowest BCUT2D eigenvalue weighted by Gasteiger charge is -2.11. The first-order chi connectivity index (χ1) is 11.9. The van der Waals surface area contributed by atoms with Crippen LogP contribution in [0.2, 0.25) is 0 Å². The molecule has 1 heterocycles. The highest BCUT2D eigenvalue weighted by Gasteiger charge is 2.22. The number of hydrogen-bond acceptors (Lipinski definition) is 4. The summed E-state index contributed by atoms with van der Waals surface area (Å²) in [6, 6.07) is 7.42. The number of carbonyl (C=O) groups is 2. The fraction of sp³-hybridized carbons (Fsp3) is 0.368. The highest BCUT2D eigenvalue weighted by molar-refractivity contribution is 6.10. The van der Waals surface area contributed by atoms with E-state index in [1.54, 1.807) is 13.8 Å². The average molecular weight is 340 g/mol. The van der Waals surface area contributed by atoms with Crippen molar-refractivity contribution in [3.05, 3.63) is 52.6 Å². The van der Waals surface area contributed by atoms with Crippen molar-refractivity contribution in [3.8, 4) is 0 Å². The minimum atomic E-state index is -0.444. The predicted molar refractivity (Wildman–Crippen MR) is 97.9 cm³/mol. The lowest BCUT2D eigenvalue weighted by atomic mass is 10.2. The maximum atomic E-state index is 12.6. The Hall–Kier alpha value is -2.76. The lowest BCUT2D eigenvalue weighted by molar-refractivity contribution is 0.0932. The van der Waals surface area contributed by atoms with Gasteiger partial charge in [0.1, 0.15) is 0 Å². The topological polar surface area (TPSA) is 84.0 Å². The van der Waals surface area contributed by atoms with Gasteiger partial charge in [0, 0.05) is 12.2 Å². The highest BCUT2D eigenvalue weighted by Crippen LogP contribution is 2.13. The summed E-state index contributed by atoms with van der Waals surface area (Å²) in [7, 11) is 0. The monoisotopic (exact) mass is 340 g/mol. The largest absolute Gasteiger partial charge is 0.351 e. The van der Waals surface area contributed by atoms with E-state index >= 15 is 0 Å². The van der Waals surface area contributed by atoms with Gasteiger partial charge in [0.2, 0.25) is 0 Å². The lowest BCUT2D eigenvalue weighted by Crippen LogP contribution is -2.30. The van der Waals surface area contributed by atoms with Gasteiger partial charge in [-0.05, 0) is 39.3 Å². The maximum absolute atomic E-state index is 12.6. The zero-order valence-electron chi connectivity index (χ0n) is 15.1. The van der Waals surface area contributed by atoms with Crippen LogP contribution >= 0.6 is 0 Å². The van der Waals surface area contributed by atoms with E-state index in [2.05, 4.69) is 20.6 Å². The molecule has 2 aromatic rings. The number of nitrogens with zero attached hydrogens (tertiary/aromatic N) is 2. The van der Waals surface area contributed by atoms with Crippen molar-refractivity contribution in [1.82, 2.24) is 15.3 Å². The molecule has 2 N–H and O–H groups in total. The second-order valence-corrected chi connectivity index (χ2v) is 6.02. The zero-order chi connectivity index (χ0) is 18.4. The molecule has 1 aromatic heterocycles. The number of nitrogens with one attached hydrogen (secondary N) is 2. The Morgan fingerprint density at radius 2 is 1.48 bits per heavy atom. The normalized spacial score (nSPS) is 10.4. The summed E-state index contributed by atoms with van der Waals surface area (Å²) in [5, 5.41) is 5.56. The van der Waals surface area contributed by atoms with Crippen LogP contribution in [0.5, 0.6) is 0 Å². The Kier molecular flexibility index (Phi) is 6.22. The van der Waals surface area contributed by atoms with Crippen molar-refractivity contribution in [3.63, 3.8) is 0 Å². The molecule has 0 unspecified atom stereocenters. The van der Waals surface area contributed by atoms with Gasteiger partial charge in [-0.25, -0.2) is 9.97 Å². The van der Waals surface area contributed by atoms with Crippen LogP contribution in [0.4, 0.5) is 5.69 Å². The van der Waals surface area contributed by atoms with Crippen molar-refractivity contribution in [1.29, 1.82) is 0 Å². The molecule has 0 aliphatic rings. The van der Waals surface area contributed by atoms with Crippen molar-refractivity contribution < 1.29 is 9.59 Å². The van der Waals surface area contributed by atoms with Crippen LogP contribution in [0, 0.1) is 20.8 Å². The number of amides is 2. The quantitative estimate of drug-likeness (QED) is 0.791. The molecule has 0 bridgehead atoms. The predicted octanol–water partition coefficient (Wildman–Crippen LogP) is 3.18. The van der Waals surface area contributed by atoms with E-state index < -0.39 is 5.91 Å². The van der Waals surface area contributed by atoms with E-state index in [-0.39, 0.29) is 17.3 Å². The Morgan fingerprint density at radius 3 is 2.04 bits per heavy atom. The summed E-state index contributed by atoms with van der Waals surface area (Å²) in [6.07, 6.45) is 1.84. The Labute approximate surface area is 148 Å². The summed E-state index contributed by atoms with van der Waals surface area (Å²) in [6.45, 7) is 8.10. The van der Waals surface area contributed by atoms with Gasteiger partial charge >= 0.3 is 0 Å². The van der Waals surface area contributed by atoms with Crippen molar-refractivity contribution in [2.24, 2.45) is 0 Å². The van der Waals surface area contributed by atoms with Crippen LogP contribution in [0.3, 0.4) is 0 Å². The van der Waals surface area contributed by atoms with E-state index in [0.29, 0.717) is 23.6 Å². The van der Waals surface area contributed by atoms with E-state index in [9.17, 15) is 9.59 Å². The summed E-state index contributed by atoms with van der Waals surface area (Å²) in [5.74, 6) is -0.821. The second kappa shape index (κ2) is 8.37. The van der Waals surface area contributed by atoms with Gasteiger partial charge in [-0.1, -0.05) is 31.0 Å². The molecule has 0 saturated heterocycles. The molecular weight excluding hydrogens is 316 g/mol. The number of benzene rings is 1. The molecular formula is C19H24N4O2. The van der Waals surface area contributed by atoms with Crippen LogP contribution in [0.25, 0.3) is 0 Å². The Morgan fingerprint density at radius 1 is 0.920 bits per heavy atom. The minimum absolute atomic E-state index is 0.0395. The molecule has 2 amide bonds. The molecule has 0 spiro atoms. The number of aromatic nitrogens is 2. The van der Waals surface area contributed by atoms with E-state index in [1.165, 1.54) is 0 Å². The molecule has 0 fully saturated rings. The molecule has 2 rings (SSSR count). The third-order valence-electron chi connectivity index (χ3n) is 3.86. The summed E-state index contributed by atoms with van der Waals surface area (Å²) in [5.41, 5.74) is 3.10. The number of unbranched alkanes of at least 4 members (excludes halogenated alkanes) is 1. The maximum Gasteiger partial charge on any atom is 0.276 e. The van der Waals surface area contributed by atoms with E-state index in [4.69, 9.17) is 0 Å². The molecule has 25 heavy (non-hydrogen) atoms. The third-order valence-corrected chi connectivity index (χ3v) is 3.86. The highest BCUT2D eigenvalue weighted by atomic mass is 16.2. The fourth-order valence-electron chi connectivity index (χ4n) is 2.21. The standard InChI is InChI=1S/C19H24N4O2/c1-5-6-11-20-18(24)16-17(22-14(4)13(3)21-16)19(25)23-15-9-7-12(2)8-10-15/h7-10H,5-6,11H2,1-4H3,(H,20,24)(H,23,25). The number of anilines is 1. The number of hydrogen-bond donors (Lipinski definition) is 2. The molecule has 6 nitrogen and oxygen atoms in total. The van der Waals surface area contributed by atoms with Crippen molar-refractivity contribution >= 4 is 17.5 Å². The van der Waals surface area contributed by atoms with Gasteiger partial charge in [-0.3, -0.25) is 9.59 Å². The smallest absolute Gasteiger partial charge is 0.276 e. The van der Waals surface area contributed by atoms with Gasteiger partial charge < -0.3 is 10.6 Å². The van der Waals surface area contributed by atoms with Crippen LogP contribution in [0.15, 0.2) is 24.3 Å². The van der Waals surface area contributed by atoms with Crippen LogP contribution in [0.1, 0.15) is 57.7 Å². The number of carbonyl (C=O) groups excluding carboxylic acids is 2. The molecule has 0 saturated carbocycles. The SMILES string of the molecule is CCCCNC(=O)c1nc(C)c(C)nc1C(=O)Nc1ccc(C)cc1. The fourth-order valence-corrected chi connectivity index (χ4v) is 2.21. The first-order valence-electron chi connectivity index (χ1n) is 8.43. The first-order valence-corrected chi connectivity index (χ1v) is 8.43. The molecule has 132 valence electrons. The number of aryl methyl sites for hydroxylation is 3. The van der Waals surface area contributed by atoms with Gasteiger partial charge in [-0.2, -0.15) is 0 Å². The van der Waals surface area contributed by atoms with Gasteiger partial charge in [0.05, 0.1) is 11.4 Å². The number of rotatable bonds is 6. The van der Waals surface area contributed by atoms with E-state index in [0.717, 1.165) is 18.4 Å². The average Bonchev–Trinajstić information content (AvgIpc) is 2.59. The molecule has 0 atom stereocenters. The summed E-state index contributed by atoms with van der Waals surface area (Å²) < 4.78 is 0.